The third-order valence-corrected chi connectivity index (χ3v) is 5.26. The van der Waals surface area contributed by atoms with Crippen molar-refractivity contribution < 1.29 is 14.3 Å². The number of hydrogen-bond acceptors (Lipinski definition) is 4. The van der Waals surface area contributed by atoms with E-state index in [1.54, 1.807) is 11.8 Å². The molecule has 1 aliphatic rings. The van der Waals surface area contributed by atoms with Crippen LogP contribution in [0.5, 0.6) is 0 Å². The highest BCUT2D eigenvalue weighted by molar-refractivity contribution is 8.00. The standard InChI is InChI=1S/C16H20O3S/c1-12(15(18)13-6-4-3-5-7-13)20-11-16(8-9-16)10-14(17)19-2/h3-7,12H,8-11H2,1-2H3. The zero-order chi connectivity index (χ0) is 14.6. The Balaban J connectivity index is 1.85. The maximum absolute atomic E-state index is 12.2. The number of ketones is 1. The fraction of sp³-hybridized carbons (Fsp3) is 0.500. The van der Waals surface area contributed by atoms with E-state index in [1.807, 2.05) is 37.3 Å². The molecule has 0 N–H and O–H groups in total. The number of carbonyl (C=O) groups is 2. The molecule has 1 fully saturated rings. The minimum atomic E-state index is -0.148. The Bertz CT molecular complexity index is 480. The van der Waals surface area contributed by atoms with E-state index < -0.39 is 0 Å². The van der Waals surface area contributed by atoms with Gasteiger partial charge in [-0.2, -0.15) is 0 Å². The van der Waals surface area contributed by atoms with Crippen LogP contribution in [-0.4, -0.2) is 29.9 Å². The first-order chi connectivity index (χ1) is 9.56. The fourth-order valence-electron chi connectivity index (χ4n) is 2.14. The summed E-state index contributed by atoms with van der Waals surface area (Å²) in [4.78, 5) is 23.6. The van der Waals surface area contributed by atoms with Crippen molar-refractivity contribution in [2.24, 2.45) is 5.41 Å². The largest absolute Gasteiger partial charge is 0.469 e. The lowest BCUT2D eigenvalue weighted by Gasteiger charge is -2.16. The molecule has 0 heterocycles. The van der Waals surface area contributed by atoms with Gasteiger partial charge in [0, 0.05) is 11.3 Å². The number of hydrogen-bond donors (Lipinski definition) is 0. The first-order valence-electron chi connectivity index (χ1n) is 6.84. The van der Waals surface area contributed by atoms with Crippen LogP contribution in [0.25, 0.3) is 0 Å². The second-order valence-corrected chi connectivity index (χ2v) is 6.77. The van der Waals surface area contributed by atoms with Crippen LogP contribution >= 0.6 is 11.8 Å². The van der Waals surface area contributed by atoms with Gasteiger partial charge in [0.1, 0.15) is 0 Å². The first kappa shape index (κ1) is 15.1. The van der Waals surface area contributed by atoms with Gasteiger partial charge in [-0.05, 0) is 25.2 Å². The van der Waals surface area contributed by atoms with Crippen LogP contribution in [-0.2, 0) is 9.53 Å². The molecule has 1 saturated carbocycles. The molecule has 0 aliphatic heterocycles. The third-order valence-electron chi connectivity index (χ3n) is 3.77. The minimum absolute atomic E-state index is 0.0724. The molecule has 1 aromatic rings. The molecule has 0 saturated heterocycles. The van der Waals surface area contributed by atoms with E-state index in [1.165, 1.54) is 7.11 Å². The van der Waals surface area contributed by atoms with Gasteiger partial charge in [-0.15, -0.1) is 11.8 Å². The molecular formula is C16H20O3S. The summed E-state index contributed by atoms with van der Waals surface area (Å²) in [5.74, 6) is 0.858. The summed E-state index contributed by atoms with van der Waals surface area (Å²) in [6, 6.07) is 9.36. The van der Waals surface area contributed by atoms with Crippen LogP contribution in [0.2, 0.25) is 0 Å². The Morgan fingerprint density at radius 3 is 2.50 bits per heavy atom. The molecule has 3 nitrogen and oxygen atoms in total. The van der Waals surface area contributed by atoms with Crippen molar-refractivity contribution in [2.75, 3.05) is 12.9 Å². The van der Waals surface area contributed by atoms with Gasteiger partial charge < -0.3 is 4.74 Å². The monoisotopic (exact) mass is 292 g/mol. The fourth-order valence-corrected chi connectivity index (χ4v) is 3.42. The van der Waals surface area contributed by atoms with Gasteiger partial charge in [0.25, 0.3) is 0 Å². The zero-order valence-corrected chi connectivity index (χ0v) is 12.7. The summed E-state index contributed by atoms with van der Waals surface area (Å²) < 4.78 is 4.73. The summed E-state index contributed by atoms with van der Waals surface area (Å²) in [6.07, 6.45) is 2.59. The molecule has 0 bridgehead atoms. The summed E-state index contributed by atoms with van der Waals surface area (Å²) in [6.45, 7) is 1.94. The highest BCUT2D eigenvalue weighted by atomic mass is 32.2. The average Bonchev–Trinajstić information content (AvgIpc) is 3.24. The van der Waals surface area contributed by atoms with E-state index in [-0.39, 0.29) is 22.4 Å². The molecule has 2 rings (SSSR count). The number of benzene rings is 1. The normalized spacial score (nSPS) is 17.3. The van der Waals surface area contributed by atoms with E-state index in [4.69, 9.17) is 4.74 Å². The summed E-state index contributed by atoms with van der Waals surface area (Å²) in [7, 11) is 1.42. The molecule has 0 amide bonds. The predicted octanol–water partition coefficient (Wildman–Crippen LogP) is 3.33. The Labute approximate surface area is 124 Å². The predicted molar refractivity (Wildman–Crippen MR) is 81.0 cm³/mol. The quantitative estimate of drug-likeness (QED) is 0.571. The highest BCUT2D eigenvalue weighted by Crippen LogP contribution is 2.51. The lowest BCUT2D eigenvalue weighted by atomic mass is 10.1. The van der Waals surface area contributed by atoms with Crippen molar-refractivity contribution in [1.29, 1.82) is 0 Å². The summed E-state index contributed by atoms with van der Waals surface area (Å²) >= 11 is 1.64. The van der Waals surface area contributed by atoms with Crippen molar-refractivity contribution in [1.82, 2.24) is 0 Å². The summed E-state index contributed by atoms with van der Waals surface area (Å²) in [5.41, 5.74) is 0.827. The van der Waals surface area contributed by atoms with Crippen molar-refractivity contribution in [3.8, 4) is 0 Å². The number of ether oxygens (including phenoxy) is 1. The van der Waals surface area contributed by atoms with Crippen molar-refractivity contribution in [3.05, 3.63) is 35.9 Å². The Morgan fingerprint density at radius 2 is 1.95 bits per heavy atom. The third kappa shape index (κ3) is 3.85. The molecule has 4 heteroatoms. The molecular weight excluding hydrogens is 272 g/mol. The molecule has 20 heavy (non-hydrogen) atoms. The number of carbonyl (C=O) groups excluding carboxylic acids is 2. The van der Waals surface area contributed by atoms with Gasteiger partial charge in [0.05, 0.1) is 18.8 Å². The van der Waals surface area contributed by atoms with E-state index >= 15 is 0 Å². The van der Waals surface area contributed by atoms with Gasteiger partial charge in [-0.25, -0.2) is 0 Å². The number of methoxy groups -OCH3 is 1. The maximum Gasteiger partial charge on any atom is 0.306 e. The Hall–Kier alpha value is -1.29. The molecule has 0 radical (unpaired) electrons. The second kappa shape index (κ2) is 6.44. The van der Waals surface area contributed by atoms with Crippen LogP contribution < -0.4 is 0 Å². The molecule has 0 aromatic heterocycles. The average molecular weight is 292 g/mol. The minimum Gasteiger partial charge on any atom is -0.469 e. The van der Waals surface area contributed by atoms with Crippen molar-refractivity contribution in [2.45, 2.75) is 31.4 Å². The molecule has 0 spiro atoms. The van der Waals surface area contributed by atoms with Gasteiger partial charge >= 0.3 is 5.97 Å². The lowest BCUT2D eigenvalue weighted by Crippen LogP contribution is -2.18. The molecule has 1 aliphatic carbocycles. The number of esters is 1. The van der Waals surface area contributed by atoms with Crippen molar-refractivity contribution in [3.63, 3.8) is 0 Å². The Morgan fingerprint density at radius 1 is 1.30 bits per heavy atom. The highest BCUT2D eigenvalue weighted by Gasteiger charge is 2.45. The molecule has 108 valence electrons. The van der Waals surface area contributed by atoms with Gasteiger partial charge in [0.15, 0.2) is 5.78 Å². The second-order valence-electron chi connectivity index (χ2n) is 5.44. The SMILES string of the molecule is COC(=O)CC1(CSC(C)C(=O)c2ccccc2)CC1. The molecule has 1 unspecified atom stereocenters. The van der Waals surface area contributed by atoms with E-state index in [9.17, 15) is 9.59 Å². The Kier molecular flexibility index (Phi) is 4.86. The maximum atomic E-state index is 12.2. The zero-order valence-electron chi connectivity index (χ0n) is 11.9. The number of Topliss-reactive ketones (excluding diaryl/α,β-unsaturated/α-hetero) is 1. The number of rotatable bonds is 7. The lowest BCUT2D eigenvalue weighted by molar-refractivity contribution is -0.141. The van der Waals surface area contributed by atoms with E-state index in [2.05, 4.69) is 0 Å². The van der Waals surface area contributed by atoms with Crippen LogP contribution in [0.1, 0.15) is 36.5 Å². The smallest absolute Gasteiger partial charge is 0.306 e. The molecule has 1 aromatic carbocycles. The van der Waals surface area contributed by atoms with E-state index in [0.717, 1.165) is 24.2 Å². The van der Waals surface area contributed by atoms with E-state index in [0.29, 0.717) is 6.42 Å². The van der Waals surface area contributed by atoms with Crippen molar-refractivity contribution >= 4 is 23.5 Å². The van der Waals surface area contributed by atoms with Gasteiger partial charge in [-0.3, -0.25) is 9.59 Å². The van der Waals surface area contributed by atoms with Crippen LogP contribution in [0.15, 0.2) is 30.3 Å². The number of thioether (sulfide) groups is 1. The van der Waals surface area contributed by atoms with Crippen LogP contribution in [0, 0.1) is 5.41 Å². The summed E-state index contributed by atoms with van der Waals surface area (Å²) in [5, 5.41) is -0.0764. The molecule has 1 atom stereocenters. The topological polar surface area (TPSA) is 43.4 Å². The first-order valence-corrected chi connectivity index (χ1v) is 7.89. The van der Waals surface area contributed by atoms with Gasteiger partial charge in [0.2, 0.25) is 0 Å². The van der Waals surface area contributed by atoms with Gasteiger partial charge in [-0.1, -0.05) is 30.3 Å². The van der Waals surface area contributed by atoms with Crippen LogP contribution in [0.3, 0.4) is 0 Å². The van der Waals surface area contributed by atoms with Crippen LogP contribution in [0.4, 0.5) is 0 Å².